The highest BCUT2D eigenvalue weighted by Crippen LogP contribution is 2.27. The fourth-order valence-corrected chi connectivity index (χ4v) is 2.46. The Bertz CT molecular complexity index is 651. The smallest absolute Gasteiger partial charge is 0.245 e. The first kappa shape index (κ1) is 15.3. The van der Waals surface area contributed by atoms with E-state index >= 15 is 0 Å². The van der Waals surface area contributed by atoms with Crippen molar-refractivity contribution in [3.05, 3.63) is 48.2 Å². The first-order chi connectivity index (χ1) is 11.2. The van der Waals surface area contributed by atoms with Gasteiger partial charge in [0.25, 0.3) is 0 Å². The van der Waals surface area contributed by atoms with Crippen molar-refractivity contribution < 1.29 is 14.1 Å². The SMILES string of the molecule is O=C(CN(C(=O)CCc1ccccc1)C1CC1)Nc1ccon1. The van der Waals surface area contributed by atoms with Gasteiger partial charge in [-0.2, -0.15) is 0 Å². The monoisotopic (exact) mass is 313 g/mol. The van der Waals surface area contributed by atoms with Crippen molar-refractivity contribution >= 4 is 17.6 Å². The number of benzene rings is 1. The van der Waals surface area contributed by atoms with Gasteiger partial charge in [-0.25, -0.2) is 0 Å². The van der Waals surface area contributed by atoms with Crippen molar-refractivity contribution in [3.8, 4) is 0 Å². The van der Waals surface area contributed by atoms with Gasteiger partial charge in [-0.15, -0.1) is 0 Å². The van der Waals surface area contributed by atoms with Crippen LogP contribution in [0.2, 0.25) is 0 Å². The molecule has 1 fully saturated rings. The van der Waals surface area contributed by atoms with Crippen LogP contribution < -0.4 is 5.32 Å². The zero-order valence-corrected chi connectivity index (χ0v) is 12.8. The number of nitrogens with one attached hydrogen (secondary N) is 1. The number of rotatable bonds is 7. The number of amides is 2. The molecule has 2 amide bonds. The lowest BCUT2D eigenvalue weighted by Crippen LogP contribution is -2.39. The Balaban J connectivity index is 1.53. The van der Waals surface area contributed by atoms with Gasteiger partial charge < -0.3 is 14.7 Å². The number of carbonyl (C=O) groups is 2. The highest BCUT2D eigenvalue weighted by Gasteiger charge is 2.33. The van der Waals surface area contributed by atoms with Gasteiger partial charge in [0.05, 0.1) is 0 Å². The molecule has 6 heteroatoms. The van der Waals surface area contributed by atoms with Crippen LogP contribution in [0.3, 0.4) is 0 Å². The average molecular weight is 313 g/mol. The maximum Gasteiger partial charge on any atom is 0.245 e. The predicted molar refractivity (Wildman–Crippen MR) is 84.6 cm³/mol. The summed E-state index contributed by atoms with van der Waals surface area (Å²) >= 11 is 0. The molecule has 0 unspecified atom stereocenters. The summed E-state index contributed by atoms with van der Waals surface area (Å²) in [6, 6.07) is 11.7. The van der Waals surface area contributed by atoms with E-state index in [1.54, 1.807) is 11.0 Å². The van der Waals surface area contributed by atoms with E-state index in [9.17, 15) is 9.59 Å². The minimum Gasteiger partial charge on any atom is -0.363 e. The second kappa shape index (κ2) is 7.09. The summed E-state index contributed by atoms with van der Waals surface area (Å²) in [5, 5.41) is 6.26. The molecule has 1 heterocycles. The lowest BCUT2D eigenvalue weighted by Gasteiger charge is -2.21. The summed E-state index contributed by atoms with van der Waals surface area (Å²) in [7, 11) is 0. The Labute approximate surface area is 134 Å². The van der Waals surface area contributed by atoms with Crippen LogP contribution in [0.5, 0.6) is 0 Å². The topological polar surface area (TPSA) is 75.4 Å². The molecular weight excluding hydrogens is 294 g/mol. The molecule has 1 saturated carbocycles. The van der Waals surface area contributed by atoms with Gasteiger partial charge in [0.2, 0.25) is 11.8 Å². The maximum atomic E-state index is 12.4. The van der Waals surface area contributed by atoms with E-state index in [0.29, 0.717) is 18.7 Å². The van der Waals surface area contributed by atoms with Crippen LogP contribution >= 0.6 is 0 Å². The summed E-state index contributed by atoms with van der Waals surface area (Å²) in [5.41, 5.74) is 1.13. The summed E-state index contributed by atoms with van der Waals surface area (Å²) < 4.78 is 4.67. The van der Waals surface area contributed by atoms with Gasteiger partial charge in [0.15, 0.2) is 5.82 Å². The number of carbonyl (C=O) groups excluding carboxylic acids is 2. The minimum absolute atomic E-state index is 0.0201. The highest BCUT2D eigenvalue weighted by molar-refractivity contribution is 5.93. The Kier molecular flexibility index (Phi) is 4.71. The van der Waals surface area contributed by atoms with Crippen LogP contribution in [-0.2, 0) is 16.0 Å². The van der Waals surface area contributed by atoms with Crippen molar-refractivity contribution in [2.75, 3.05) is 11.9 Å². The van der Waals surface area contributed by atoms with E-state index in [2.05, 4.69) is 15.0 Å². The number of nitrogens with zero attached hydrogens (tertiary/aromatic N) is 2. The molecule has 0 spiro atoms. The summed E-state index contributed by atoms with van der Waals surface area (Å²) in [6.45, 7) is 0.0607. The summed E-state index contributed by atoms with van der Waals surface area (Å²) in [6.07, 6.45) is 4.42. The van der Waals surface area contributed by atoms with Crippen LogP contribution in [-0.4, -0.2) is 34.5 Å². The zero-order valence-electron chi connectivity index (χ0n) is 12.8. The molecular formula is C17H19N3O3. The van der Waals surface area contributed by atoms with E-state index in [0.717, 1.165) is 18.4 Å². The van der Waals surface area contributed by atoms with E-state index in [4.69, 9.17) is 0 Å². The van der Waals surface area contributed by atoms with Gasteiger partial charge in [-0.05, 0) is 24.8 Å². The van der Waals surface area contributed by atoms with Gasteiger partial charge in [0.1, 0.15) is 12.8 Å². The van der Waals surface area contributed by atoms with E-state index in [1.807, 2.05) is 30.3 Å². The van der Waals surface area contributed by atoms with E-state index < -0.39 is 0 Å². The standard InChI is InChI=1S/C17H19N3O3/c21-16(18-15-10-11-23-19-15)12-20(14-7-8-14)17(22)9-6-13-4-2-1-3-5-13/h1-5,10-11,14H,6-9,12H2,(H,18,19,21). The maximum absolute atomic E-state index is 12.4. The van der Waals surface area contributed by atoms with Crippen molar-refractivity contribution in [3.63, 3.8) is 0 Å². The molecule has 120 valence electrons. The third-order valence-corrected chi connectivity index (χ3v) is 3.80. The Morgan fingerprint density at radius 1 is 1.22 bits per heavy atom. The van der Waals surface area contributed by atoms with Gasteiger partial charge >= 0.3 is 0 Å². The molecule has 0 atom stereocenters. The minimum atomic E-state index is -0.251. The van der Waals surface area contributed by atoms with Gasteiger partial charge in [-0.3, -0.25) is 9.59 Å². The second-order valence-electron chi connectivity index (χ2n) is 5.67. The molecule has 1 aliphatic rings. The largest absolute Gasteiger partial charge is 0.363 e. The van der Waals surface area contributed by atoms with Crippen molar-refractivity contribution in [2.45, 2.75) is 31.7 Å². The van der Waals surface area contributed by atoms with Crippen molar-refractivity contribution in [1.82, 2.24) is 10.1 Å². The van der Waals surface area contributed by atoms with Crippen LogP contribution in [0.4, 0.5) is 5.82 Å². The van der Waals surface area contributed by atoms with E-state index in [-0.39, 0.29) is 24.4 Å². The molecule has 3 rings (SSSR count). The van der Waals surface area contributed by atoms with Crippen LogP contribution in [0.1, 0.15) is 24.8 Å². The van der Waals surface area contributed by atoms with Crippen LogP contribution in [0.25, 0.3) is 0 Å². The van der Waals surface area contributed by atoms with Gasteiger partial charge in [-0.1, -0.05) is 35.5 Å². The zero-order chi connectivity index (χ0) is 16.1. The fraction of sp³-hybridized carbons (Fsp3) is 0.353. The van der Waals surface area contributed by atoms with Gasteiger partial charge in [0, 0.05) is 18.5 Å². The molecule has 1 aliphatic carbocycles. The highest BCUT2D eigenvalue weighted by atomic mass is 16.5. The number of anilines is 1. The number of aromatic nitrogens is 1. The normalized spacial score (nSPS) is 13.6. The third kappa shape index (κ3) is 4.42. The molecule has 0 radical (unpaired) electrons. The first-order valence-corrected chi connectivity index (χ1v) is 7.76. The molecule has 1 N–H and O–H groups in total. The Hall–Kier alpha value is -2.63. The summed E-state index contributed by atoms with van der Waals surface area (Å²) in [4.78, 5) is 26.2. The lowest BCUT2D eigenvalue weighted by atomic mass is 10.1. The second-order valence-corrected chi connectivity index (χ2v) is 5.67. The Morgan fingerprint density at radius 3 is 2.65 bits per heavy atom. The van der Waals surface area contributed by atoms with Crippen molar-refractivity contribution in [2.24, 2.45) is 0 Å². The Morgan fingerprint density at radius 2 is 2.00 bits per heavy atom. The molecule has 23 heavy (non-hydrogen) atoms. The number of aryl methyl sites for hydroxylation is 1. The fourth-order valence-electron chi connectivity index (χ4n) is 2.46. The molecule has 1 aromatic carbocycles. The van der Waals surface area contributed by atoms with Crippen LogP contribution in [0, 0.1) is 0 Å². The molecule has 1 aromatic heterocycles. The molecule has 0 saturated heterocycles. The summed E-state index contributed by atoms with van der Waals surface area (Å²) in [5.74, 6) is 0.132. The molecule has 0 bridgehead atoms. The quantitative estimate of drug-likeness (QED) is 0.850. The van der Waals surface area contributed by atoms with E-state index in [1.165, 1.54) is 6.26 Å². The first-order valence-electron chi connectivity index (χ1n) is 7.76. The number of hydrogen-bond donors (Lipinski definition) is 1. The number of hydrogen-bond acceptors (Lipinski definition) is 4. The average Bonchev–Trinajstić information content (AvgIpc) is 3.28. The van der Waals surface area contributed by atoms with Crippen molar-refractivity contribution in [1.29, 1.82) is 0 Å². The molecule has 6 nitrogen and oxygen atoms in total. The third-order valence-electron chi connectivity index (χ3n) is 3.80. The molecule has 2 aromatic rings. The predicted octanol–water partition coefficient (Wildman–Crippen LogP) is 2.24. The molecule has 0 aliphatic heterocycles. The van der Waals surface area contributed by atoms with Crippen LogP contribution in [0.15, 0.2) is 47.2 Å². The lowest BCUT2D eigenvalue weighted by molar-refractivity contribution is -0.135.